The summed E-state index contributed by atoms with van der Waals surface area (Å²) in [6, 6.07) is 3.87. The smallest absolute Gasteiger partial charge is 0.252 e. The number of halogens is 2. The number of hydrogen-bond acceptors (Lipinski definition) is 4. The summed E-state index contributed by atoms with van der Waals surface area (Å²) in [6.45, 7) is 2.61. The maximum atomic E-state index is 11.8. The molecule has 0 fully saturated rings. The van der Waals surface area contributed by atoms with E-state index in [2.05, 4.69) is 15.6 Å². The van der Waals surface area contributed by atoms with Gasteiger partial charge in [-0.05, 0) is 26.1 Å². The third-order valence-electron chi connectivity index (χ3n) is 2.53. The monoisotopic (exact) mass is 308 g/mol. The van der Waals surface area contributed by atoms with E-state index in [1.807, 2.05) is 39.0 Å². The van der Waals surface area contributed by atoms with Crippen LogP contribution in [0.3, 0.4) is 0 Å². The molecule has 0 aliphatic heterocycles. The number of carbonyl (C=O) groups is 1. The van der Waals surface area contributed by atoms with Gasteiger partial charge in [0.25, 0.3) is 5.91 Å². The highest BCUT2D eigenvalue weighted by Crippen LogP contribution is 2.07. The van der Waals surface area contributed by atoms with E-state index in [0.29, 0.717) is 12.1 Å². The van der Waals surface area contributed by atoms with Crippen molar-refractivity contribution in [3.8, 4) is 0 Å². The van der Waals surface area contributed by atoms with E-state index in [-0.39, 0.29) is 36.8 Å². The molecule has 110 valence electrons. The van der Waals surface area contributed by atoms with Gasteiger partial charge in [0.15, 0.2) is 0 Å². The van der Waals surface area contributed by atoms with Crippen molar-refractivity contribution in [2.45, 2.75) is 13.0 Å². The van der Waals surface area contributed by atoms with Crippen LogP contribution in [-0.2, 0) is 0 Å². The van der Waals surface area contributed by atoms with Crippen LogP contribution in [0.2, 0.25) is 0 Å². The Hall–Kier alpha value is -1.04. The van der Waals surface area contributed by atoms with E-state index in [9.17, 15) is 4.79 Å². The van der Waals surface area contributed by atoms with Crippen LogP contribution in [0.15, 0.2) is 18.3 Å². The molecule has 19 heavy (non-hydrogen) atoms. The Morgan fingerprint density at radius 3 is 2.42 bits per heavy atom. The SMILES string of the molecule is CNC(C)CNC(=O)c1ccc(N(C)C)nc1.Cl.Cl. The van der Waals surface area contributed by atoms with Gasteiger partial charge in [-0.25, -0.2) is 4.98 Å². The molecule has 2 N–H and O–H groups in total. The first kappa shape index (κ1) is 20.3. The summed E-state index contributed by atoms with van der Waals surface area (Å²) in [5.41, 5.74) is 0.582. The second kappa shape index (κ2) is 9.83. The Bertz CT molecular complexity index is 370. The minimum absolute atomic E-state index is 0. The lowest BCUT2D eigenvalue weighted by Crippen LogP contribution is -2.37. The Morgan fingerprint density at radius 1 is 1.37 bits per heavy atom. The van der Waals surface area contributed by atoms with Gasteiger partial charge in [0.1, 0.15) is 5.82 Å². The van der Waals surface area contributed by atoms with E-state index in [4.69, 9.17) is 0 Å². The van der Waals surface area contributed by atoms with Crippen molar-refractivity contribution in [3.05, 3.63) is 23.9 Å². The largest absolute Gasteiger partial charge is 0.363 e. The lowest BCUT2D eigenvalue weighted by molar-refractivity contribution is 0.0950. The van der Waals surface area contributed by atoms with Gasteiger partial charge in [-0.1, -0.05) is 0 Å². The number of aromatic nitrogens is 1. The number of hydrogen-bond donors (Lipinski definition) is 2. The van der Waals surface area contributed by atoms with E-state index < -0.39 is 0 Å². The Kier molecular flexibility index (Phi) is 10.5. The highest BCUT2D eigenvalue weighted by molar-refractivity contribution is 5.94. The predicted molar refractivity (Wildman–Crippen MR) is 83.9 cm³/mol. The Labute approximate surface area is 127 Å². The van der Waals surface area contributed by atoms with Crippen LogP contribution >= 0.6 is 24.8 Å². The van der Waals surface area contributed by atoms with Crippen molar-refractivity contribution < 1.29 is 4.79 Å². The summed E-state index contributed by atoms with van der Waals surface area (Å²) in [4.78, 5) is 17.8. The van der Waals surface area contributed by atoms with Crippen LogP contribution in [0.4, 0.5) is 5.82 Å². The lowest BCUT2D eigenvalue weighted by Gasteiger charge is -2.13. The van der Waals surface area contributed by atoms with Crippen LogP contribution in [0, 0.1) is 0 Å². The second-order valence-corrected chi connectivity index (χ2v) is 4.20. The quantitative estimate of drug-likeness (QED) is 0.861. The first-order valence-corrected chi connectivity index (χ1v) is 5.63. The number of amides is 1. The summed E-state index contributed by atoms with van der Waals surface area (Å²) in [5, 5.41) is 5.90. The minimum atomic E-state index is -0.0927. The normalized spacial score (nSPS) is 10.7. The summed E-state index contributed by atoms with van der Waals surface area (Å²) in [7, 11) is 5.69. The van der Waals surface area contributed by atoms with Crippen LogP contribution in [0.1, 0.15) is 17.3 Å². The fourth-order valence-corrected chi connectivity index (χ4v) is 1.23. The van der Waals surface area contributed by atoms with Gasteiger partial charge in [-0.3, -0.25) is 4.79 Å². The first-order valence-electron chi connectivity index (χ1n) is 5.63. The zero-order valence-corrected chi connectivity index (χ0v) is 13.3. The minimum Gasteiger partial charge on any atom is -0.363 e. The first-order chi connectivity index (χ1) is 8.04. The topological polar surface area (TPSA) is 57.3 Å². The summed E-state index contributed by atoms with van der Waals surface area (Å²) < 4.78 is 0. The molecule has 1 rings (SSSR count). The van der Waals surface area contributed by atoms with Crippen LogP contribution < -0.4 is 15.5 Å². The zero-order chi connectivity index (χ0) is 12.8. The van der Waals surface area contributed by atoms with Gasteiger partial charge < -0.3 is 15.5 Å². The summed E-state index contributed by atoms with van der Waals surface area (Å²) in [5.74, 6) is 0.745. The standard InChI is InChI=1S/C12H20N4O.2ClH/c1-9(13-2)7-15-12(17)10-5-6-11(14-8-10)16(3)4;;/h5-6,8-9,13H,7H2,1-4H3,(H,15,17);2*1H. The van der Waals surface area contributed by atoms with Gasteiger partial charge in [-0.2, -0.15) is 0 Å². The maximum Gasteiger partial charge on any atom is 0.252 e. The number of nitrogens with zero attached hydrogens (tertiary/aromatic N) is 2. The number of carbonyl (C=O) groups excluding carboxylic acids is 1. The average molecular weight is 309 g/mol. The molecule has 1 heterocycles. The highest BCUT2D eigenvalue weighted by atomic mass is 35.5. The molecule has 1 unspecified atom stereocenters. The molecule has 0 bridgehead atoms. The number of nitrogens with one attached hydrogen (secondary N) is 2. The molecule has 0 saturated heterocycles. The van der Waals surface area contributed by atoms with Crippen LogP contribution in [0.25, 0.3) is 0 Å². The molecule has 1 amide bonds. The van der Waals surface area contributed by atoms with E-state index >= 15 is 0 Å². The van der Waals surface area contributed by atoms with Gasteiger partial charge in [0, 0.05) is 32.9 Å². The third-order valence-corrected chi connectivity index (χ3v) is 2.53. The number of anilines is 1. The molecular weight excluding hydrogens is 287 g/mol. The fraction of sp³-hybridized carbons (Fsp3) is 0.500. The number of rotatable bonds is 5. The van der Waals surface area contributed by atoms with Crippen LogP contribution in [-0.4, -0.2) is 44.6 Å². The van der Waals surface area contributed by atoms with Crippen LogP contribution in [0.5, 0.6) is 0 Å². The second-order valence-electron chi connectivity index (χ2n) is 4.20. The fourth-order valence-electron chi connectivity index (χ4n) is 1.23. The van der Waals surface area contributed by atoms with Gasteiger partial charge >= 0.3 is 0 Å². The maximum absolute atomic E-state index is 11.8. The molecule has 1 atom stereocenters. The van der Waals surface area contributed by atoms with Crippen molar-refractivity contribution in [3.63, 3.8) is 0 Å². The molecule has 0 aliphatic carbocycles. The van der Waals surface area contributed by atoms with Gasteiger partial charge in [0.05, 0.1) is 5.56 Å². The third kappa shape index (κ3) is 6.61. The lowest BCUT2D eigenvalue weighted by atomic mass is 10.2. The molecule has 7 heteroatoms. The molecule has 5 nitrogen and oxygen atoms in total. The molecule has 0 radical (unpaired) electrons. The highest BCUT2D eigenvalue weighted by Gasteiger charge is 2.07. The molecule has 0 aliphatic rings. The molecule has 0 aromatic carbocycles. The van der Waals surface area contributed by atoms with E-state index in [0.717, 1.165) is 5.82 Å². The van der Waals surface area contributed by atoms with Crippen molar-refractivity contribution in [2.24, 2.45) is 0 Å². The summed E-state index contributed by atoms with van der Waals surface area (Å²) >= 11 is 0. The molecular formula is C12H22Cl2N4O. The Balaban J connectivity index is 0. The number of likely N-dealkylation sites (N-methyl/N-ethyl adjacent to an activating group) is 1. The summed E-state index contributed by atoms with van der Waals surface area (Å²) in [6.07, 6.45) is 1.59. The molecule has 1 aromatic rings. The van der Waals surface area contributed by atoms with E-state index in [1.54, 1.807) is 12.3 Å². The van der Waals surface area contributed by atoms with Crippen molar-refractivity contribution >= 4 is 36.5 Å². The average Bonchev–Trinajstić information content (AvgIpc) is 2.35. The number of pyridine rings is 1. The Morgan fingerprint density at radius 2 is 2.00 bits per heavy atom. The van der Waals surface area contributed by atoms with Crippen molar-refractivity contribution in [1.29, 1.82) is 0 Å². The van der Waals surface area contributed by atoms with E-state index in [1.165, 1.54) is 0 Å². The van der Waals surface area contributed by atoms with Gasteiger partial charge in [-0.15, -0.1) is 24.8 Å². The molecule has 1 aromatic heterocycles. The van der Waals surface area contributed by atoms with Gasteiger partial charge in [0.2, 0.25) is 0 Å². The molecule has 0 spiro atoms. The predicted octanol–water partition coefficient (Wildman–Crippen LogP) is 1.33. The van der Waals surface area contributed by atoms with Crippen molar-refractivity contribution in [2.75, 3.05) is 32.6 Å². The van der Waals surface area contributed by atoms with Crippen molar-refractivity contribution in [1.82, 2.24) is 15.6 Å². The molecule has 0 saturated carbocycles. The zero-order valence-electron chi connectivity index (χ0n) is 11.6.